The fourth-order valence-electron chi connectivity index (χ4n) is 1.62. The molecule has 1 unspecified atom stereocenters. The average molecular weight is 180 g/mol. The number of hydrogen-bond acceptors (Lipinski definition) is 2. The molecule has 0 bridgehead atoms. The first-order chi connectivity index (χ1) is 6.21. The van der Waals surface area contributed by atoms with Crippen LogP contribution in [0.5, 0.6) is 0 Å². The van der Waals surface area contributed by atoms with Gasteiger partial charge in [0.05, 0.1) is 5.54 Å². The lowest BCUT2D eigenvalue weighted by Crippen LogP contribution is -2.47. The topological polar surface area (TPSA) is 55.1 Å². The molecule has 0 aliphatic heterocycles. The number of carbonyl (C=O) groups is 1. The number of carbonyl (C=O) groups excluding carboxylic acids is 1. The summed E-state index contributed by atoms with van der Waals surface area (Å²) in [5.74, 6) is 0.0489. The van der Waals surface area contributed by atoms with Gasteiger partial charge in [-0.1, -0.05) is 12.2 Å². The van der Waals surface area contributed by atoms with E-state index in [-0.39, 0.29) is 5.91 Å². The van der Waals surface area contributed by atoms with Crippen LogP contribution in [0.15, 0.2) is 12.2 Å². The summed E-state index contributed by atoms with van der Waals surface area (Å²) < 4.78 is 0. The van der Waals surface area contributed by atoms with Gasteiger partial charge in [-0.15, -0.1) is 0 Å². The first-order valence-electron chi connectivity index (χ1n) is 4.95. The lowest BCUT2D eigenvalue weighted by atomic mass is 10.0. The van der Waals surface area contributed by atoms with Gasteiger partial charge in [-0.3, -0.25) is 4.79 Å². The summed E-state index contributed by atoms with van der Waals surface area (Å²) in [4.78, 5) is 11.5. The number of amides is 1. The van der Waals surface area contributed by atoms with Gasteiger partial charge >= 0.3 is 0 Å². The number of hydrogen-bond donors (Lipinski definition) is 2. The maximum absolute atomic E-state index is 11.5. The van der Waals surface area contributed by atoms with Crippen molar-refractivity contribution in [1.82, 2.24) is 5.32 Å². The number of nitrogens with two attached hydrogens (primary N) is 1. The molecular weight excluding hydrogens is 164 g/mol. The van der Waals surface area contributed by atoms with Crippen LogP contribution < -0.4 is 11.1 Å². The van der Waals surface area contributed by atoms with Crippen molar-refractivity contribution in [2.75, 3.05) is 0 Å². The van der Waals surface area contributed by atoms with Gasteiger partial charge < -0.3 is 11.1 Å². The third kappa shape index (κ3) is 1.91. The van der Waals surface area contributed by atoms with E-state index < -0.39 is 5.54 Å². The second kappa shape index (κ2) is 3.14. The molecule has 0 spiro atoms. The largest absolute Gasteiger partial charge is 0.351 e. The van der Waals surface area contributed by atoms with E-state index in [1.54, 1.807) is 0 Å². The third-order valence-corrected chi connectivity index (χ3v) is 2.85. The van der Waals surface area contributed by atoms with Gasteiger partial charge in [-0.2, -0.15) is 0 Å². The summed E-state index contributed by atoms with van der Waals surface area (Å²) in [5.41, 5.74) is 5.26. The minimum Gasteiger partial charge on any atom is -0.351 e. The summed E-state index contributed by atoms with van der Waals surface area (Å²) in [5, 5.41) is 3.01. The van der Waals surface area contributed by atoms with Crippen LogP contribution in [0.25, 0.3) is 0 Å². The van der Waals surface area contributed by atoms with E-state index in [0.717, 1.165) is 32.1 Å². The van der Waals surface area contributed by atoms with Crippen LogP contribution in [0, 0.1) is 0 Å². The van der Waals surface area contributed by atoms with Gasteiger partial charge in [0.1, 0.15) is 0 Å². The van der Waals surface area contributed by atoms with Gasteiger partial charge in [0.25, 0.3) is 0 Å². The van der Waals surface area contributed by atoms with Crippen molar-refractivity contribution >= 4 is 5.91 Å². The van der Waals surface area contributed by atoms with Gasteiger partial charge in [0, 0.05) is 6.04 Å². The third-order valence-electron chi connectivity index (χ3n) is 2.85. The van der Waals surface area contributed by atoms with Crippen molar-refractivity contribution in [3.8, 4) is 0 Å². The van der Waals surface area contributed by atoms with Gasteiger partial charge in [-0.25, -0.2) is 0 Å². The molecule has 2 aliphatic rings. The van der Waals surface area contributed by atoms with Crippen molar-refractivity contribution in [2.45, 2.75) is 43.7 Å². The molecule has 3 nitrogen and oxygen atoms in total. The molecule has 1 fully saturated rings. The molecule has 1 amide bonds. The lowest BCUT2D eigenvalue weighted by molar-refractivity contribution is -0.124. The molecular formula is C10H16N2O. The highest BCUT2D eigenvalue weighted by Gasteiger charge is 2.46. The Hall–Kier alpha value is -0.830. The summed E-state index contributed by atoms with van der Waals surface area (Å²) in [7, 11) is 0. The highest BCUT2D eigenvalue weighted by Crippen LogP contribution is 2.32. The molecule has 0 saturated heterocycles. The number of nitrogens with one attached hydrogen (secondary N) is 1. The highest BCUT2D eigenvalue weighted by molar-refractivity contribution is 5.89. The molecule has 3 heteroatoms. The minimum absolute atomic E-state index is 0.0489. The second-order valence-corrected chi connectivity index (χ2v) is 4.11. The molecule has 0 radical (unpaired) electrons. The zero-order valence-electron chi connectivity index (χ0n) is 7.75. The predicted octanol–water partition coefficient (Wildman–Crippen LogP) is 0.703. The number of allylic oxidation sites excluding steroid dienone is 1. The summed E-state index contributed by atoms with van der Waals surface area (Å²) >= 11 is 0. The van der Waals surface area contributed by atoms with Crippen LogP contribution in [0.2, 0.25) is 0 Å². The Bertz CT molecular complexity index is 243. The Morgan fingerprint density at radius 1 is 1.46 bits per heavy atom. The molecule has 72 valence electrons. The molecule has 0 aromatic heterocycles. The van der Waals surface area contributed by atoms with Gasteiger partial charge in [-0.05, 0) is 32.1 Å². The van der Waals surface area contributed by atoms with Crippen LogP contribution in [0.4, 0.5) is 0 Å². The quantitative estimate of drug-likeness (QED) is 0.615. The van der Waals surface area contributed by atoms with Crippen molar-refractivity contribution in [1.29, 1.82) is 0 Å². The lowest BCUT2D eigenvalue weighted by Gasteiger charge is -2.21. The molecule has 0 heterocycles. The maximum Gasteiger partial charge on any atom is 0.240 e. The molecule has 2 rings (SSSR count). The fourth-order valence-corrected chi connectivity index (χ4v) is 1.62. The Morgan fingerprint density at radius 3 is 2.77 bits per heavy atom. The standard InChI is InChI=1S/C10H16N2O/c11-10(6-7-10)9(13)12-8-4-2-1-3-5-8/h1-2,8H,3-7,11H2,(H,12,13). The SMILES string of the molecule is NC1(C(=O)NC2CC=CCC2)CC1. The molecule has 1 atom stereocenters. The molecule has 3 N–H and O–H groups in total. The smallest absolute Gasteiger partial charge is 0.240 e. The molecule has 2 aliphatic carbocycles. The number of rotatable bonds is 2. The second-order valence-electron chi connectivity index (χ2n) is 4.11. The monoisotopic (exact) mass is 180 g/mol. The summed E-state index contributed by atoms with van der Waals surface area (Å²) in [6.07, 6.45) is 9.08. The Kier molecular flexibility index (Phi) is 2.12. The minimum atomic E-state index is -0.513. The Balaban J connectivity index is 1.83. The van der Waals surface area contributed by atoms with E-state index in [0.29, 0.717) is 6.04 Å². The molecule has 0 aromatic rings. The summed E-state index contributed by atoms with van der Waals surface area (Å²) in [6.45, 7) is 0. The van der Waals surface area contributed by atoms with Crippen molar-refractivity contribution in [3.05, 3.63) is 12.2 Å². The fraction of sp³-hybridized carbons (Fsp3) is 0.700. The van der Waals surface area contributed by atoms with Crippen LogP contribution in [-0.4, -0.2) is 17.5 Å². The van der Waals surface area contributed by atoms with Crippen LogP contribution in [-0.2, 0) is 4.79 Å². The van der Waals surface area contributed by atoms with Crippen LogP contribution in [0.1, 0.15) is 32.1 Å². The zero-order valence-corrected chi connectivity index (χ0v) is 7.75. The predicted molar refractivity (Wildman–Crippen MR) is 51.1 cm³/mol. The van der Waals surface area contributed by atoms with Crippen molar-refractivity contribution < 1.29 is 4.79 Å². The van der Waals surface area contributed by atoms with E-state index in [1.807, 2.05) is 0 Å². The van der Waals surface area contributed by atoms with E-state index >= 15 is 0 Å². The first kappa shape index (κ1) is 8.75. The average Bonchev–Trinajstić information content (AvgIpc) is 2.87. The molecule has 1 saturated carbocycles. The van der Waals surface area contributed by atoms with E-state index in [9.17, 15) is 4.79 Å². The van der Waals surface area contributed by atoms with E-state index in [4.69, 9.17) is 5.73 Å². The van der Waals surface area contributed by atoms with Gasteiger partial charge in [0.15, 0.2) is 0 Å². The van der Waals surface area contributed by atoms with Crippen molar-refractivity contribution in [2.24, 2.45) is 5.73 Å². The molecule has 13 heavy (non-hydrogen) atoms. The Morgan fingerprint density at radius 2 is 2.23 bits per heavy atom. The maximum atomic E-state index is 11.5. The van der Waals surface area contributed by atoms with Crippen LogP contribution in [0.3, 0.4) is 0 Å². The zero-order chi connectivity index (χ0) is 9.31. The first-order valence-corrected chi connectivity index (χ1v) is 4.95. The van der Waals surface area contributed by atoms with Crippen LogP contribution >= 0.6 is 0 Å². The Labute approximate surface area is 78.4 Å². The highest BCUT2D eigenvalue weighted by atomic mass is 16.2. The van der Waals surface area contributed by atoms with Crippen molar-refractivity contribution in [3.63, 3.8) is 0 Å². The van der Waals surface area contributed by atoms with E-state index in [1.165, 1.54) is 0 Å². The summed E-state index contributed by atoms with van der Waals surface area (Å²) in [6, 6.07) is 0.318. The normalized spacial score (nSPS) is 29.8. The van der Waals surface area contributed by atoms with E-state index in [2.05, 4.69) is 17.5 Å². The van der Waals surface area contributed by atoms with Gasteiger partial charge in [0.2, 0.25) is 5.91 Å². The molecule has 0 aromatic carbocycles.